The highest BCUT2D eigenvalue weighted by Crippen LogP contribution is 2.35. The highest BCUT2D eigenvalue weighted by molar-refractivity contribution is 9.10. The first-order chi connectivity index (χ1) is 8.38. The lowest BCUT2D eigenvalue weighted by Crippen LogP contribution is -2.21. The van der Waals surface area contributed by atoms with Crippen LogP contribution in [0.4, 0.5) is 0 Å². The minimum atomic E-state index is 0.150. The maximum atomic E-state index is 6.45. The van der Waals surface area contributed by atoms with Gasteiger partial charge in [-0.3, -0.25) is 0 Å². The van der Waals surface area contributed by atoms with Crippen molar-refractivity contribution in [1.82, 2.24) is 0 Å². The zero-order valence-electron chi connectivity index (χ0n) is 11.2. The van der Waals surface area contributed by atoms with Crippen molar-refractivity contribution >= 4 is 27.5 Å². The van der Waals surface area contributed by atoms with Crippen LogP contribution in [0.25, 0.3) is 0 Å². The average Bonchev–Trinajstić information content (AvgIpc) is 2.71. The van der Waals surface area contributed by atoms with Gasteiger partial charge in [-0.25, -0.2) is 0 Å². The molecule has 3 heteroatoms. The van der Waals surface area contributed by atoms with Gasteiger partial charge in [-0.1, -0.05) is 36.7 Å². The summed E-state index contributed by atoms with van der Waals surface area (Å²) in [7, 11) is 0. The summed E-state index contributed by atoms with van der Waals surface area (Å²) < 4.78 is 6.88. The molecule has 0 aromatic heterocycles. The van der Waals surface area contributed by atoms with Crippen LogP contribution >= 0.6 is 27.5 Å². The van der Waals surface area contributed by atoms with Crippen molar-refractivity contribution in [2.45, 2.75) is 45.4 Å². The molecule has 1 nitrogen and oxygen atoms in total. The molecule has 0 N–H and O–H groups in total. The predicted octanol–water partition coefficient (Wildman–Crippen LogP) is 4.97. The van der Waals surface area contributed by atoms with Crippen molar-refractivity contribution in [3.63, 3.8) is 0 Å². The minimum Gasteiger partial charge on any atom is -0.493 e. The topological polar surface area (TPSA) is 9.23 Å². The number of hydrogen-bond acceptors (Lipinski definition) is 1. The third kappa shape index (κ3) is 3.21. The Bertz CT molecular complexity index is 437. The second-order valence-corrected chi connectivity index (χ2v) is 7.47. The van der Waals surface area contributed by atoms with E-state index in [-0.39, 0.29) is 10.8 Å². The maximum absolute atomic E-state index is 6.45. The number of hydrogen-bond donors (Lipinski definition) is 0. The molecule has 1 aromatic carbocycles. The highest BCUT2D eigenvalue weighted by atomic mass is 79.9. The molecule has 1 unspecified atom stereocenters. The van der Waals surface area contributed by atoms with E-state index in [2.05, 4.69) is 48.8 Å². The number of halogens is 2. The molecule has 2 rings (SSSR count). The van der Waals surface area contributed by atoms with Gasteiger partial charge in [-0.15, -0.1) is 11.6 Å². The van der Waals surface area contributed by atoms with Gasteiger partial charge in [0, 0.05) is 16.3 Å². The van der Waals surface area contributed by atoms with Crippen molar-refractivity contribution in [1.29, 1.82) is 0 Å². The van der Waals surface area contributed by atoms with Crippen molar-refractivity contribution in [3.05, 3.63) is 27.7 Å². The van der Waals surface area contributed by atoms with Gasteiger partial charge >= 0.3 is 0 Å². The fourth-order valence-corrected chi connectivity index (χ4v) is 2.91. The van der Waals surface area contributed by atoms with Crippen LogP contribution in [-0.2, 0) is 12.8 Å². The van der Waals surface area contributed by atoms with Gasteiger partial charge in [0.05, 0.1) is 6.61 Å². The van der Waals surface area contributed by atoms with E-state index in [1.165, 1.54) is 11.1 Å². The van der Waals surface area contributed by atoms with Crippen LogP contribution in [0.5, 0.6) is 5.75 Å². The molecule has 0 bridgehead atoms. The average molecular weight is 332 g/mol. The van der Waals surface area contributed by atoms with Crippen LogP contribution in [0.15, 0.2) is 16.6 Å². The Morgan fingerprint density at radius 2 is 2.11 bits per heavy atom. The van der Waals surface area contributed by atoms with Gasteiger partial charge in [-0.2, -0.15) is 0 Å². The molecule has 0 radical (unpaired) electrons. The van der Waals surface area contributed by atoms with Crippen LogP contribution in [0.1, 0.15) is 38.3 Å². The summed E-state index contributed by atoms with van der Waals surface area (Å²) in [6.07, 6.45) is 2.98. The molecule has 1 aromatic rings. The van der Waals surface area contributed by atoms with E-state index in [0.29, 0.717) is 0 Å². The minimum absolute atomic E-state index is 0.150. The molecule has 0 saturated carbocycles. The van der Waals surface area contributed by atoms with E-state index in [0.717, 1.165) is 36.1 Å². The zero-order valence-corrected chi connectivity index (χ0v) is 13.6. The fourth-order valence-electron chi connectivity index (χ4n) is 2.25. The number of rotatable bonds is 3. The number of ether oxygens (including phenoxy) is 1. The molecule has 0 fully saturated rings. The van der Waals surface area contributed by atoms with Gasteiger partial charge in [0.15, 0.2) is 0 Å². The van der Waals surface area contributed by atoms with Gasteiger partial charge in [0.1, 0.15) is 5.75 Å². The fraction of sp³-hybridized carbons (Fsp3) is 0.600. The van der Waals surface area contributed by atoms with Crippen molar-refractivity contribution in [2.24, 2.45) is 5.41 Å². The lowest BCUT2D eigenvalue weighted by molar-refractivity contribution is 0.348. The molecule has 18 heavy (non-hydrogen) atoms. The molecule has 0 spiro atoms. The number of fused-ring (bicyclic) bond motifs is 1. The smallest absolute Gasteiger partial charge is 0.125 e. The highest BCUT2D eigenvalue weighted by Gasteiger charge is 2.23. The Kier molecular flexibility index (Phi) is 4.28. The molecular weight excluding hydrogens is 312 g/mol. The van der Waals surface area contributed by atoms with Crippen LogP contribution in [-0.4, -0.2) is 12.0 Å². The normalized spacial score (nSPS) is 16.3. The Morgan fingerprint density at radius 3 is 2.78 bits per heavy atom. The number of aryl methyl sites for hydroxylation is 1. The van der Waals surface area contributed by atoms with E-state index in [9.17, 15) is 0 Å². The molecule has 0 saturated heterocycles. The number of benzene rings is 1. The molecule has 1 aliphatic rings. The van der Waals surface area contributed by atoms with Crippen LogP contribution in [0.3, 0.4) is 0 Å². The second kappa shape index (κ2) is 5.42. The van der Waals surface area contributed by atoms with Crippen LogP contribution < -0.4 is 4.74 Å². The lowest BCUT2D eigenvalue weighted by atomic mass is 9.88. The second-order valence-electron chi connectivity index (χ2n) is 6.02. The molecule has 0 aliphatic carbocycles. The molecule has 1 heterocycles. The van der Waals surface area contributed by atoms with Crippen LogP contribution in [0, 0.1) is 5.41 Å². The Labute approximate surface area is 123 Å². The molecule has 1 aliphatic heterocycles. The van der Waals surface area contributed by atoms with Crippen LogP contribution in [0.2, 0.25) is 0 Å². The van der Waals surface area contributed by atoms with Crippen molar-refractivity contribution < 1.29 is 4.74 Å². The SMILES string of the molecule is CC(C)(C)C(Cl)CCc1cc(Br)cc2c1OCC2. The largest absolute Gasteiger partial charge is 0.493 e. The Hall–Kier alpha value is -0.210. The van der Waals surface area contributed by atoms with E-state index >= 15 is 0 Å². The standard InChI is InChI=1S/C15H20BrClO/c1-15(2,3)13(17)5-4-10-8-12(16)9-11-6-7-18-14(10)11/h8-9,13H,4-7H2,1-3H3. The molecule has 100 valence electrons. The maximum Gasteiger partial charge on any atom is 0.125 e. The Morgan fingerprint density at radius 1 is 1.39 bits per heavy atom. The predicted molar refractivity (Wildman–Crippen MR) is 80.8 cm³/mol. The first-order valence-corrected chi connectivity index (χ1v) is 7.69. The van der Waals surface area contributed by atoms with Crippen molar-refractivity contribution in [2.75, 3.05) is 6.61 Å². The van der Waals surface area contributed by atoms with Gasteiger partial charge < -0.3 is 4.74 Å². The molecule has 1 atom stereocenters. The van der Waals surface area contributed by atoms with Crippen molar-refractivity contribution in [3.8, 4) is 5.75 Å². The first kappa shape index (κ1) is 14.2. The summed E-state index contributed by atoms with van der Waals surface area (Å²) in [5, 5.41) is 0.188. The Balaban J connectivity index is 2.11. The monoisotopic (exact) mass is 330 g/mol. The number of alkyl halides is 1. The van der Waals surface area contributed by atoms with E-state index in [1.54, 1.807) is 0 Å². The summed E-state index contributed by atoms with van der Waals surface area (Å²) in [6, 6.07) is 4.32. The van der Waals surface area contributed by atoms with E-state index in [4.69, 9.17) is 16.3 Å². The third-order valence-electron chi connectivity index (χ3n) is 3.43. The quantitative estimate of drug-likeness (QED) is 0.711. The summed E-state index contributed by atoms with van der Waals surface area (Å²) in [6.45, 7) is 7.37. The lowest BCUT2D eigenvalue weighted by Gasteiger charge is -2.25. The van der Waals surface area contributed by atoms with E-state index in [1.807, 2.05) is 0 Å². The third-order valence-corrected chi connectivity index (χ3v) is 4.76. The summed E-state index contributed by atoms with van der Waals surface area (Å²) in [5.74, 6) is 1.09. The van der Waals surface area contributed by atoms with Gasteiger partial charge in [-0.05, 0) is 41.5 Å². The van der Waals surface area contributed by atoms with E-state index < -0.39 is 0 Å². The van der Waals surface area contributed by atoms with Gasteiger partial charge in [0.2, 0.25) is 0 Å². The summed E-state index contributed by atoms with van der Waals surface area (Å²) in [4.78, 5) is 0. The molecular formula is C15H20BrClO. The summed E-state index contributed by atoms with van der Waals surface area (Å²) >= 11 is 10.0. The molecule has 0 amide bonds. The first-order valence-electron chi connectivity index (χ1n) is 6.46. The zero-order chi connectivity index (χ0) is 13.3. The van der Waals surface area contributed by atoms with Gasteiger partial charge in [0.25, 0.3) is 0 Å². The summed E-state index contributed by atoms with van der Waals surface area (Å²) in [5.41, 5.74) is 2.76.